The Kier molecular flexibility index (Phi) is 6.99. The fourth-order valence-electron chi connectivity index (χ4n) is 3.82. The van der Waals surface area contributed by atoms with Gasteiger partial charge in [-0.25, -0.2) is 14.4 Å². The van der Waals surface area contributed by atoms with Crippen molar-refractivity contribution >= 4 is 23.2 Å². The molecule has 1 amide bonds. The summed E-state index contributed by atoms with van der Waals surface area (Å²) in [7, 11) is 0. The Hall–Kier alpha value is -3.72. The van der Waals surface area contributed by atoms with E-state index in [1.54, 1.807) is 18.3 Å². The maximum atomic E-state index is 14.7. The number of aromatic nitrogens is 2. The molecule has 33 heavy (non-hydrogen) atoms. The number of hydrogen-bond donors (Lipinski definition) is 4. The molecule has 1 aliphatic carbocycles. The lowest BCUT2D eigenvalue weighted by molar-refractivity contribution is 0.100. The first kappa shape index (κ1) is 22.5. The second-order valence-corrected chi connectivity index (χ2v) is 8.06. The summed E-state index contributed by atoms with van der Waals surface area (Å²) in [6, 6.07) is 14.0. The molecular weight excluding hydrogens is 423 g/mol. The van der Waals surface area contributed by atoms with Crippen LogP contribution in [0.2, 0.25) is 0 Å². The zero-order valence-electron chi connectivity index (χ0n) is 18.1. The van der Waals surface area contributed by atoms with Crippen LogP contribution in [0.25, 0.3) is 0 Å². The zero-order valence-corrected chi connectivity index (χ0v) is 18.1. The average Bonchev–Trinajstić information content (AvgIpc) is 2.82. The first-order valence-corrected chi connectivity index (χ1v) is 10.9. The van der Waals surface area contributed by atoms with E-state index in [1.165, 1.54) is 0 Å². The van der Waals surface area contributed by atoms with Crippen LogP contribution >= 0.6 is 0 Å². The number of pyridine rings is 2. The van der Waals surface area contributed by atoms with Gasteiger partial charge in [0.15, 0.2) is 11.6 Å². The monoisotopic (exact) mass is 450 g/mol. The molecular formula is C24H27FN6O2. The fourth-order valence-corrected chi connectivity index (χ4v) is 3.82. The van der Waals surface area contributed by atoms with Crippen molar-refractivity contribution in [1.82, 2.24) is 9.97 Å². The summed E-state index contributed by atoms with van der Waals surface area (Å²) in [5, 5.41) is 6.14. The molecule has 1 fully saturated rings. The number of rotatable bonds is 8. The smallest absolute Gasteiger partial charge is 0.252 e. The Morgan fingerprint density at radius 3 is 2.67 bits per heavy atom. The highest BCUT2D eigenvalue weighted by atomic mass is 19.1. The van der Waals surface area contributed by atoms with Gasteiger partial charge in [-0.2, -0.15) is 0 Å². The van der Waals surface area contributed by atoms with Crippen molar-refractivity contribution < 1.29 is 13.9 Å². The lowest BCUT2D eigenvalue weighted by Crippen LogP contribution is -2.43. The molecule has 2 aromatic heterocycles. The van der Waals surface area contributed by atoms with Crippen molar-refractivity contribution in [3.8, 4) is 5.88 Å². The minimum atomic E-state index is -0.792. The minimum Gasteiger partial charge on any atom is -0.473 e. The molecule has 2 heterocycles. The number of amides is 1. The van der Waals surface area contributed by atoms with Crippen molar-refractivity contribution in [2.45, 2.75) is 44.4 Å². The highest BCUT2D eigenvalue weighted by Crippen LogP contribution is 2.27. The van der Waals surface area contributed by atoms with E-state index in [4.69, 9.17) is 16.2 Å². The van der Waals surface area contributed by atoms with Gasteiger partial charge in [0.1, 0.15) is 12.4 Å². The molecule has 3 aromatic rings. The van der Waals surface area contributed by atoms with Crippen LogP contribution in [0.1, 0.15) is 41.6 Å². The number of nitrogens with zero attached hydrogens (tertiary/aromatic N) is 2. The van der Waals surface area contributed by atoms with Crippen LogP contribution in [0.4, 0.5) is 21.7 Å². The lowest BCUT2D eigenvalue weighted by atomic mass is 9.91. The molecule has 8 nitrogen and oxygen atoms in total. The standard InChI is InChI=1S/C24H27FN6O2/c25-18-13-17(22(27)32)23(31-24(18)30-20-9-5-4-8-19(20)26)29-16-10-11-28-21(12-16)33-14-15-6-2-1-3-7-15/h1-3,6-7,10-13,19-20H,4-5,8-9,14,26H2,(H2,27,32)(H2,28,29,30,31)/t19-,20+/m0/s1. The molecule has 0 radical (unpaired) electrons. The van der Waals surface area contributed by atoms with E-state index in [-0.39, 0.29) is 29.3 Å². The van der Waals surface area contributed by atoms with Crippen LogP contribution in [0.15, 0.2) is 54.7 Å². The van der Waals surface area contributed by atoms with E-state index < -0.39 is 11.7 Å². The van der Waals surface area contributed by atoms with E-state index in [2.05, 4.69) is 20.6 Å². The molecule has 0 aliphatic heterocycles. The maximum Gasteiger partial charge on any atom is 0.252 e. The molecule has 2 atom stereocenters. The van der Waals surface area contributed by atoms with Gasteiger partial charge >= 0.3 is 0 Å². The van der Waals surface area contributed by atoms with Gasteiger partial charge in [0.05, 0.1) is 5.56 Å². The van der Waals surface area contributed by atoms with E-state index in [0.29, 0.717) is 18.2 Å². The van der Waals surface area contributed by atoms with Crippen LogP contribution in [0, 0.1) is 5.82 Å². The van der Waals surface area contributed by atoms with Crippen LogP contribution < -0.4 is 26.8 Å². The number of carbonyl (C=O) groups is 1. The van der Waals surface area contributed by atoms with Gasteiger partial charge in [0.2, 0.25) is 5.88 Å². The third-order valence-electron chi connectivity index (χ3n) is 5.61. The number of nitrogens with two attached hydrogens (primary N) is 2. The van der Waals surface area contributed by atoms with E-state index in [9.17, 15) is 9.18 Å². The second kappa shape index (κ2) is 10.3. The van der Waals surface area contributed by atoms with E-state index in [1.807, 2.05) is 30.3 Å². The first-order valence-electron chi connectivity index (χ1n) is 10.9. The molecule has 0 unspecified atom stereocenters. The number of anilines is 3. The van der Waals surface area contributed by atoms with Crippen molar-refractivity contribution in [2.75, 3.05) is 10.6 Å². The summed E-state index contributed by atoms with van der Waals surface area (Å²) in [5.41, 5.74) is 13.2. The molecule has 1 aliphatic rings. The molecule has 4 rings (SSSR count). The molecule has 172 valence electrons. The van der Waals surface area contributed by atoms with Gasteiger partial charge in [0.25, 0.3) is 5.91 Å². The summed E-state index contributed by atoms with van der Waals surface area (Å²) < 4.78 is 20.5. The second-order valence-electron chi connectivity index (χ2n) is 8.06. The van der Waals surface area contributed by atoms with Crippen molar-refractivity contribution in [3.63, 3.8) is 0 Å². The normalized spacial score (nSPS) is 17.9. The van der Waals surface area contributed by atoms with Crippen molar-refractivity contribution in [3.05, 3.63) is 71.7 Å². The minimum absolute atomic E-state index is 0.0273. The van der Waals surface area contributed by atoms with Gasteiger partial charge in [0, 0.05) is 30.0 Å². The molecule has 1 aromatic carbocycles. The quantitative estimate of drug-likeness (QED) is 0.412. The summed E-state index contributed by atoms with van der Waals surface area (Å²) in [4.78, 5) is 20.5. The number of nitrogens with one attached hydrogen (secondary N) is 2. The van der Waals surface area contributed by atoms with Gasteiger partial charge in [-0.3, -0.25) is 4.79 Å². The van der Waals surface area contributed by atoms with Crippen LogP contribution in [0.5, 0.6) is 5.88 Å². The highest BCUT2D eigenvalue weighted by molar-refractivity contribution is 5.98. The van der Waals surface area contributed by atoms with Crippen LogP contribution in [-0.4, -0.2) is 28.0 Å². The number of primary amides is 1. The zero-order chi connectivity index (χ0) is 23.2. The molecule has 6 N–H and O–H groups in total. The number of ether oxygens (including phenoxy) is 1. The fraction of sp³-hybridized carbons (Fsp3) is 0.292. The third kappa shape index (κ3) is 5.75. The predicted octanol–water partition coefficient (Wildman–Crippen LogP) is 3.72. The third-order valence-corrected chi connectivity index (χ3v) is 5.61. The molecule has 0 spiro atoms. The van der Waals surface area contributed by atoms with Gasteiger partial charge in [-0.15, -0.1) is 0 Å². The molecule has 0 saturated heterocycles. The first-order chi connectivity index (χ1) is 16.0. The molecule has 0 bridgehead atoms. The average molecular weight is 451 g/mol. The van der Waals surface area contributed by atoms with Gasteiger partial charge in [-0.05, 0) is 30.5 Å². The van der Waals surface area contributed by atoms with E-state index >= 15 is 0 Å². The van der Waals surface area contributed by atoms with Gasteiger partial charge in [-0.1, -0.05) is 43.2 Å². The number of hydrogen-bond acceptors (Lipinski definition) is 7. The Morgan fingerprint density at radius 2 is 1.91 bits per heavy atom. The van der Waals surface area contributed by atoms with Crippen molar-refractivity contribution in [1.29, 1.82) is 0 Å². The summed E-state index contributed by atoms with van der Waals surface area (Å²) in [6.07, 6.45) is 5.33. The SMILES string of the molecule is NC(=O)c1cc(F)c(N[C@@H]2CCCC[C@@H]2N)nc1Nc1ccnc(OCc2ccccc2)c1. The summed E-state index contributed by atoms with van der Waals surface area (Å²) in [6.45, 7) is 0.355. The highest BCUT2D eigenvalue weighted by Gasteiger charge is 2.24. The largest absolute Gasteiger partial charge is 0.473 e. The Bertz CT molecular complexity index is 1110. The molecule has 1 saturated carbocycles. The number of benzene rings is 1. The predicted molar refractivity (Wildman–Crippen MR) is 125 cm³/mol. The van der Waals surface area contributed by atoms with Gasteiger partial charge < -0.3 is 26.8 Å². The maximum absolute atomic E-state index is 14.7. The van der Waals surface area contributed by atoms with Crippen LogP contribution in [0.3, 0.4) is 0 Å². The lowest BCUT2D eigenvalue weighted by Gasteiger charge is -2.30. The topological polar surface area (TPSA) is 128 Å². The number of halogens is 1. The summed E-state index contributed by atoms with van der Waals surface area (Å²) >= 11 is 0. The molecule has 9 heteroatoms. The Morgan fingerprint density at radius 1 is 1.12 bits per heavy atom. The Balaban J connectivity index is 1.54. The summed E-state index contributed by atoms with van der Waals surface area (Å²) in [5.74, 6) is -0.901. The van der Waals surface area contributed by atoms with E-state index in [0.717, 1.165) is 37.3 Å². The number of carbonyl (C=O) groups excluding carboxylic acids is 1. The Labute approximate surface area is 191 Å². The van der Waals surface area contributed by atoms with Crippen LogP contribution in [-0.2, 0) is 6.61 Å². The van der Waals surface area contributed by atoms with Crippen molar-refractivity contribution in [2.24, 2.45) is 11.5 Å².